The van der Waals surface area contributed by atoms with Gasteiger partial charge in [0.1, 0.15) is 12.4 Å². The molecule has 2 aromatic carbocycles. The number of amides is 1. The molecule has 0 bridgehead atoms. The van der Waals surface area contributed by atoms with Crippen LogP contribution in [0.1, 0.15) is 24.0 Å². The van der Waals surface area contributed by atoms with Gasteiger partial charge in [-0.1, -0.05) is 42.5 Å². The molecule has 0 aliphatic carbocycles. The highest BCUT2D eigenvalue weighted by atomic mass is 16.5. The third-order valence-electron chi connectivity index (χ3n) is 4.68. The Hall–Kier alpha value is -3.08. The second-order valence-corrected chi connectivity index (χ2v) is 6.62. The van der Waals surface area contributed by atoms with Gasteiger partial charge in [0.15, 0.2) is 0 Å². The van der Waals surface area contributed by atoms with Gasteiger partial charge in [0, 0.05) is 19.2 Å². The number of rotatable bonds is 6. The zero-order chi connectivity index (χ0) is 19.1. The lowest BCUT2D eigenvalue weighted by Gasteiger charge is -2.29. The lowest BCUT2D eigenvalue weighted by atomic mass is 9.97. The Bertz CT molecular complexity index is 808. The first-order valence-corrected chi connectivity index (χ1v) is 9.08. The predicted octanol–water partition coefficient (Wildman–Crippen LogP) is 3.60. The highest BCUT2D eigenvalue weighted by Gasteiger charge is 2.25. The second-order valence-electron chi connectivity index (χ2n) is 6.62. The van der Waals surface area contributed by atoms with Crippen molar-refractivity contribution in [2.75, 3.05) is 13.1 Å². The van der Waals surface area contributed by atoms with E-state index in [-0.39, 0.29) is 11.8 Å². The molecule has 0 aromatic heterocycles. The Balaban J connectivity index is 1.54. The van der Waals surface area contributed by atoms with E-state index in [9.17, 15) is 9.59 Å². The van der Waals surface area contributed by atoms with Crippen molar-refractivity contribution in [3.05, 3.63) is 71.8 Å². The standard InChI is InChI=1S/C22H23NO4/c24-21(23-13-11-19(12-14-23)22(25)26)10-9-17-7-4-8-20(15-17)27-16-18-5-2-1-3-6-18/h1-10,15,19H,11-14,16H2,(H,25,26)/b10-9+. The van der Waals surface area contributed by atoms with Crippen molar-refractivity contribution in [1.82, 2.24) is 4.90 Å². The molecule has 2 aromatic rings. The average molecular weight is 365 g/mol. The van der Waals surface area contributed by atoms with Crippen molar-refractivity contribution in [2.45, 2.75) is 19.4 Å². The molecule has 0 atom stereocenters. The van der Waals surface area contributed by atoms with E-state index in [1.807, 2.05) is 54.6 Å². The molecule has 1 N–H and O–H groups in total. The number of hydrogen-bond acceptors (Lipinski definition) is 3. The third kappa shape index (κ3) is 5.45. The Morgan fingerprint density at radius 3 is 2.52 bits per heavy atom. The van der Waals surface area contributed by atoms with Crippen LogP contribution in [0.25, 0.3) is 6.08 Å². The van der Waals surface area contributed by atoms with E-state index < -0.39 is 5.97 Å². The number of benzene rings is 2. The summed E-state index contributed by atoms with van der Waals surface area (Å²) in [4.78, 5) is 25.0. The molecule has 1 saturated heterocycles. The lowest BCUT2D eigenvalue weighted by molar-refractivity contribution is -0.144. The van der Waals surface area contributed by atoms with Gasteiger partial charge in [-0.2, -0.15) is 0 Å². The minimum Gasteiger partial charge on any atom is -0.489 e. The van der Waals surface area contributed by atoms with E-state index in [1.165, 1.54) is 6.08 Å². The zero-order valence-electron chi connectivity index (χ0n) is 15.1. The van der Waals surface area contributed by atoms with E-state index in [2.05, 4.69) is 0 Å². The van der Waals surface area contributed by atoms with Crippen LogP contribution in [0.2, 0.25) is 0 Å². The molecule has 0 unspecified atom stereocenters. The van der Waals surface area contributed by atoms with Gasteiger partial charge in [0.2, 0.25) is 5.91 Å². The lowest BCUT2D eigenvalue weighted by Crippen LogP contribution is -2.39. The van der Waals surface area contributed by atoms with Crippen LogP contribution in [0, 0.1) is 5.92 Å². The minimum atomic E-state index is -0.773. The number of carbonyl (C=O) groups excluding carboxylic acids is 1. The number of aliphatic carboxylic acids is 1. The number of carbonyl (C=O) groups is 2. The SMILES string of the molecule is O=C(O)C1CCN(C(=O)/C=C/c2cccc(OCc3ccccc3)c2)CC1. The van der Waals surface area contributed by atoms with Crippen molar-refractivity contribution in [3.63, 3.8) is 0 Å². The van der Waals surface area contributed by atoms with Crippen LogP contribution >= 0.6 is 0 Å². The number of carboxylic acid groups (broad SMARTS) is 1. The summed E-state index contributed by atoms with van der Waals surface area (Å²) in [6.07, 6.45) is 4.33. The largest absolute Gasteiger partial charge is 0.489 e. The Morgan fingerprint density at radius 2 is 1.81 bits per heavy atom. The maximum Gasteiger partial charge on any atom is 0.306 e. The summed E-state index contributed by atoms with van der Waals surface area (Å²) in [5.74, 6) is -0.452. The first-order chi connectivity index (χ1) is 13.1. The van der Waals surface area contributed by atoms with Crippen LogP contribution in [0.4, 0.5) is 0 Å². The van der Waals surface area contributed by atoms with Crippen molar-refractivity contribution >= 4 is 18.0 Å². The van der Waals surface area contributed by atoms with Crippen LogP contribution in [0.15, 0.2) is 60.7 Å². The van der Waals surface area contributed by atoms with Crippen LogP contribution in [0.3, 0.4) is 0 Å². The van der Waals surface area contributed by atoms with Crippen LogP contribution in [0.5, 0.6) is 5.75 Å². The van der Waals surface area contributed by atoms with E-state index in [0.717, 1.165) is 16.9 Å². The van der Waals surface area contributed by atoms with Crippen LogP contribution in [-0.4, -0.2) is 35.0 Å². The van der Waals surface area contributed by atoms with Gasteiger partial charge < -0.3 is 14.7 Å². The Morgan fingerprint density at radius 1 is 1.07 bits per heavy atom. The summed E-state index contributed by atoms with van der Waals surface area (Å²) in [6, 6.07) is 17.5. The number of carboxylic acids is 1. The van der Waals surface area contributed by atoms with Gasteiger partial charge in [0.05, 0.1) is 5.92 Å². The van der Waals surface area contributed by atoms with Gasteiger partial charge >= 0.3 is 5.97 Å². The summed E-state index contributed by atoms with van der Waals surface area (Å²) in [5, 5.41) is 9.03. The van der Waals surface area contributed by atoms with Gasteiger partial charge in [0.25, 0.3) is 0 Å². The topological polar surface area (TPSA) is 66.8 Å². The number of hydrogen-bond donors (Lipinski definition) is 1. The molecule has 1 fully saturated rings. The fourth-order valence-electron chi connectivity index (χ4n) is 3.07. The summed E-state index contributed by atoms with van der Waals surface area (Å²) in [7, 11) is 0. The van der Waals surface area contributed by atoms with Crippen LogP contribution < -0.4 is 4.74 Å². The maximum atomic E-state index is 12.3. The zero-order valence-corrected chi connectivity index (χ0v) is 15.1. The molecule has 0 saturated carbocycles. The quantitative estimate of drug-likeness (QED) is 0.794. The maximum absolute atomic E-state index is 12.3. The number of likely N-dealkylation sites (tertiary alicyclic amines) is 1. The molecule has 27 heavy (non-hydrogen) atoms. The molecule has 1 aliphatic rings. The predicted molar refractivity (Wildman–Crippen MR) is 103 cm³/mol. The molecular formula is C22H23NO4. The molecular weight excluding hydrogens is 342 g/mol. The minimum absolute atomic E-state index is 0.0885. The molecule has 1 amide bonds. The number of nitrogens with zero attached hydrogens (tertiary/aromatic N) is 1. The fraction of sp³-hybridized carbons (Fsp3) is 0.273. The molecule has 3 rings (SSSR count). The van der Waals surface area contributed by atoms with Crippen molar-refractivity contribution in [3.8, 4) is 5.75 Å². The third-order valence-corrected chi connectivity index (χ3v) is 4.68. The highest BCUT2D eigenvalue weighted by molar-refractivity contribution is 5.92. The molecule has 5 nitrogen and oxygen atoms in total. The normalized spacial score (nSPS) is 15.0. The molecule has 5 heteroatoms. The summed E-state index contributed by atoms with van der Waals surface area (Å²) in [5.41, 5.74) is 1.98. The summed E-state index contributed by atoms with van der Waals surface area (Å²) >= 11 is 0. The van der Waals surface area contributed by atoms with E-state index in [0.29, 0.717) is 32.5 Å². The highest BCUT2D eigenvalue weighted by Crippen LogP contribution is 2.19. The van der Waals surface area contributed by atoms with Crippen molar-refractivity contribution in [1.29, 1.82) is 0 Å². The molecule has 1 aliphatic heterocycles. The van der Waals surface area contributed by atoms with Gasteiger partial charge in [-0.3, -0.25) is 9.59 Å². The summed E-state index contributed by atoms with van der Waals surface area (Å²) < 4.78 is 5.81. The molecule has 1 heterocycles. The first kappa shape index (κ1) is 18.7. The van der Waals surface area contributed by atoms with Crippen molar-refractivity contribution < 1.29 is 19.4 Å². The van der Waals surface area contributed by atoms with Gasteiger partial charge in [-0.25, -0.2) is 0 Å². The van der Waals surface area contributed by atoms with Gasteiger partial charge in [-0.05, 0) is 42.2 Å². The number of piperidine rings is 1. The fourth-order valence-corrected chi connectivity index (χ4v) is 3.07. The molecule has 0 radical (unpaired) electrons. The number of ether oxygens (including phenoxy) is 1. The van der Waals surface area contributed by atoms with Gasteiger partial charge in [-0.15, -0.1) is 0 Å². The molecule has 140 valence electrons. The molecule has 0 spiro atoms. The second kappa shape index (κ2) is 9.03. The summed E-state index contributed by atoms with van der Waals surface area (Å²) in [6.45, 7) is 1.46. The Labute approximate surface area is 158 Å². The van der Waals surface area contributed by atoms with Crippen LogP contribution in [-0.2, 0) is 16.2 Å². The van der Waals surface area contributed by atoms with E-state index in [4.69, 9.17) is 9.84 Å². The smallest absolute Gasteiger partial charge is 0.306 e. The Kier molecular flexibility index (Phi) is 6.26. The van der Waals surface area contributed by atoms with Crippen molar-refractivity contribution in [2.24, 2.45) is 5.92 Å². The first-order valence-electron chi connectivity index (χ1n) is 9.08. The van der Waals surface area contributed by atoms with E-state index in [1.54, 1.807) is 11.0 Å². The monoisotopic (exact) mass is 365 g/mol. The van der Waals surface area contributed by atoms with E-state index >= 15 is 0 Å². The average Bonchev–Trinajstić information content (AvgIpc) is 2.71.